The van der Waals surface area contributed by atoms with Crippen LogP contribution in [-0.2, 0) is 4.74 Å². The van der Waals surface area contributed by atoms with Gasteiger partial charge in [-0.05, 0) is 46.1 Å². The maximum Gasteiger partial charge on any atom is 0.407 e. The molecule has 0 aromatic carbocycles. The molecule has 3 unspecified atom stereocenters. The summed E-state index contributed by atoms with van der Waals surface area (Å²) in [6, 6.07) is 2.41. The van der Waals surface area contributed by atoms with Crippen LogP contribution in [0.2, 0.25) is 0 Å². The van der Waals surface area contributed by atoms with E-state index in [-0.39, 0.29) is 11.3 Å². The summed E-state index contributed by atoms with van der Waals surface area (Å²) in [5, 5.41) is 15.7. The van der Waals surface area contributed by atoms with Crippen molar-refractivity contribution in [3.8, 4) is 6.07 Å². The molecule has 2 aliphatic rings. The fourth-order valence-electron chi connectivity index (χ4n) is 3.65. The Morgan fingerprint density at radius 1 is 1.60 bits per heavy atom. The van der Waals surface area contributed by atoms with Gasteiger partial charge in [-0.25, -0.2) is 4.79 Å². The van der Waals surface area contributed by atoms with Gasteiger partial charge >= 0.3 is 6.09 Å². The number of nitrogens with zero attached hydrogens (tertiary/aromatic N) is 1. The third kappa shape index (κ3) is 3.06. The minimum atomic E-state index is -0.505. The second-order valence-corrected chi connectivity index (χ2v) is 7.02. The average molecular weight is 279 g/mol. The van der Waals surface area contributed by atoms with Crippen LogP contribution in [-0.4, -0.2) is 31.3 Å². The van der Waals surface area contributed by atoms with E-state index in [2.05, 4.69) is 16.7 Å². The molecule has 0 aromatic rings. The molecule has 0 radical (unpaired) electrons. The highest BCUT2D eigenvalue weighted by molar-refractivity contribution is 5.67. The summed E-state index contributed by atoms with van der Waals surface area (Å²) < 4.78 is 5.23. The van der Waals surface area contributed by atoms with Crippen molar-refractivity contribution in [2.24, 2.45) is 17.3 Å². The summed E-state index contributed by atoms with van der Waals surface area (Å²) in [4.78, 5) is 11.7. The zero-order valence-electron chi connectivity index (χ0n) is 12.7. The molecule has 1 aliphatic carbocycles. The summed E-state index contributed by atoms with van der Waals surface area (Å²) in [6.07, 6.45) is 3.03. The van der Waals surface area contributed by atoms with Gasteiger partial charge in [-0.3, -0.25) is 0 Å². The number of carbonyl (C=O) groups excluding carboxylic acids is 1. The number of fused-ring (bicyclic) bond motifs is 1. The van der Waals surface area contributed by atoms with Gasteiger partial charge in [0.05, 0.1) is 12.0 Å². The fraction of sp³-hybridized carbons (Fsp3) is 0.867. The van der Waals surface area contributed by atoms with Crippen LogP contribution < -0.4 is 10.6 Å². The van der Waals surface area contributed by atoms with Crippen LogP contribution in [0.4, 0.5) is 4.79 Å². The first-order valence-corrected chi connectivity index (χ1v) is 7.44. The molecule has 2 N–H and O–H groups in total. The number of amides is 1. The maximum atomic E-state index is 11.7. The number of hydrogen-bond acceptors (Lipinski definition) is 4. The zero-order valence-corrected chi connectivity index (χ0v) is 12.7. The van der Waals surface area contributed by atoms with Crippen molar-refractivity contribution in [3.05, 3.63) is 0 Å². The Kier molecular flexibility index (Phi) is 4.24. The molecular formula is C15H25N3O2. The van der Waals surface area contributed by atoms with Gasteiger partial charge < -0.3 is 15.4 Å². The zero-order chi connectivity index (χ0) is 14.8. The minimum absolute atomic E-state index is 0.0454. The monoisotopic (exact) mass is 279 g/mol. The highest BCUT2D eigenvalue weighted by Crippen LogP contribution is 2.50. The van der Waals surface area contributed by atoms with Crippen LogP contribution in [0.15, 0.2) is 0 Å². The predicted octanol–water partition coefficient (Wildman–Crippen LogP) is 2.04. The molecule has 1 saturated heterocycles. The lowest BCUT2D eigenvalue weighted by Crippen LogP contribution is -2.42. The Hall–Kier alpha value is -1.28. The highest BCUT2D eigenvalue weighted by atomic mass is 16.6. The molecule has 0 bridgehead atoms. The first-order valence-electron chi connectivity index (χ1n) is 7.44. The van der Waals surface area contributed by atoms with Crippen molar-refractivity contribution in [1.82, 2.24) is 10.6 Å². The van der Waals surface area contributed by atoms with Crippen molar-refractivity contribution in [1.29, 1.82) is 5.26 Å². The molecule has 0 spiro atoms. The molecule has 3 atom stereocenters. The molecular weight excluding hydrogens is 254 g/mol. The van der Waals surface area contributed by atoms with Crippen LogP contribution in [0, 0.1) is 28.6 Å². The van der Waals surface area contributed by atoms with Gasteiger partial charge in [0, 0.05) is 18.5 Å². The highest BCUT2D eigenvalue weighted by Gasteiger charge is 2.51. The second kappa shape index (κ2) is 5.61. The van der Waals surface area contributed by atoms with E-state index >= 15 is 0 Å². The summed E-state index contributed by atoms with van der Waals surface area (Å²) in [5.41, 5.74) is -0.459. The number of nitriles is 1. The molecule has 1 heterocycles. The van der Waals surface area contributed by atoms with E-state index in [0.717, 1.165) is 19.5 Å². The number of ether oxygens (including phenoxy) is 1. The van der Waals surface area contributed by atoms with Crippen molar-refractivity contribution in [3.63, 3.8) is 0 Å². The first kappa shape index (κ1) is 15.1. The van der Waals surface area contributed by atoms with Crippen LogP contribution >= 0.6 is 0 Å². The van der Waals surface area contributed by atoms with Crippen molar-refractivity contribution >= 4 is 6.09 Å². The molecule has 1 amide bonds. The number of rotatable bonds is 3. The Morgan fingerprint density at radius 2 is 2.35 bits per heavy atom. The van der Waals surface area contributed by atoms with Crippen molar-refractivity contribution < 1.29 is 9.53 Å². The molecule has 1 aliphatic heterocycles. The third-order valence-corrected chi connectivity index (χ3v) is 4.55. The van der Waals surface area contributed by atoms with E-state index in [1.54, 1.807) is 0 Å². The largest absolute Gasteiger partial charge is 0.444 e. The quantitative estimate of drug-likeness (QED) is 0.829. The van der Waals surface area contributed by atoms with Gasteiger partial charge in [-0.15, -0.1) is 0 Å². The van der Waals surface area contributed by atoms with E-state index in [9.17, 15) is 10.1 Å². The minimum Gasteiger partial charge on any atom is -0.444 e. The maximum absolute atomic E-state index is 11.7. The lowest BCUT2D eigenvalue weighted by atomic mass is 9.70. The fourth-order valence-corrected chi connectivity index (χ4v) is 3.65. The number of alkyl carbamates (subject to hydrolysis) is 1. The first-order chi connectivity index (χ1) is 9.37. The predicted molar refractivity (Wildman–Crippen MR) is 76.0 cm³/mol. The summed E-state index contributed by atoms with van der Waals surface area (Å²) in [5.74, 6) is 0.435. The van der Waals surface area contributed by atoms with Crippen LogP contribution in [0.1, 0.15) is 40.0 Å². The topological polar surface area (TPSA) is 74.1 Å². The number of nitrogens with one attached hydrogen (secondary N) is 2. The van der Waals surface area contributed by atoms with Crippen LogP contribution in [0.3, 0.4) is 0 Å². The lowest BCUT2D eigenvalue weighted by Gasteiger charge is -2.33. The van der Waals surface area contributed by atoms with E-state index < -0.39 is 11.7 Å². The van der Waals surface area contributed by atoms with E-state index in [1.807, 2.05) is 20.8 Å². The van der Waals surface area contributed by atoms with Gasteiger partial charge in [0.1, 0.15) is 5.60 Å². The van der Waals surface area contributed by atoms with Gasteiger partial charge in [-0.1, -0.05) is 6.42 Å². The average Bonchev–Trinajstić information content (AvgIpc) is 2.86. The van der Waals surface area contributed by atoms with E-state index in [0.29, 0.717) is 12.5 Å². The molecule has 20 heavy (non-hydrogen) atoms. The summed E-state index contributed by atoms with van der Waals surface area (Å²) in [7, 11) is 0. The van der Waals surface area contributed by atoms with Crippen molar-refractivity contribution in [2.45, 2.75) is 45.6 Å². The van der Waals surface area contributed by atoms with Gasteiger partial charge in [0.15, 0.2) is 0 Å². The number of hydrogen-bond donors (Lipinski definition) is 2. The molecule has 112 valence electrons. The van der Waals surface area contributed by atoms with Crippen LogP contribution in [0.5, 0.6) is 0 Å². The SMILES string of the molecule is CC(C)(C)OC(=O)NCC(C#N)C12CCCC1CNC2. The Morgan fingerprint density at radius 3 is 3.00 bits per heavy atom. The van der Waals surface area contributed by atoms with Gasteiger partial charge in [0.2, 0.25) is 0 Å². The summed E-state index contributed by atoms with van der Waals surface area (Å²) >= 11 is 0. The molecule has 2 fully saturated rings. The normalized spacial score (nSPS) is 30.4. The van der Waals surface area contributed by atoms with Crippen molar-refractivity contribution in [2.75, 3.05) is 19.6 Å². The molecule has 1 saturated carbocycles. The van der Waals surface area contributed by atoms with E-state index in [1.165, 1.54) is 12.8 Å². The van der Waals surface area contributed by atoms with Gasteiger partial charge in [-0.2, -0.15) is 5.26 Å². The van der Waals surface area contributed by atoms with Crippen LogP contribution in [0.25, 0.3) is 0 Å². The molecule has 5 nitrogen and oxygen atoms in total. The Labute approximate surface area is 121 Å². The Balaban J connectivity index is 1.93. The molecule has 2 rings (SSSR count). The van der Waals surface area contributed by atoms with E-state index in [4.69, 9.17) is 4.74 Å². The van der Waals surface area contributed by atoms with Gasteiger partial charge in [0.25, 0.3) is 0 Å². The lowest BCUT2D eigenvalue weighted by molar-refractivity contribution is 0.0505. The Bertz CT molecular complexity index is 398. The third-order valence-electron chi connectivity index (χ3n) is 4.55. The smallest absolute Gasteiger partial charge is 0.407 e. The molecule has 5 heteroatoms. The second-order valence-electron chi connectivity index (χ2n) is 7.02. The standard InChI is InChI=1S/C15H25N3O2/c1-14(2,3)20-13(19)18-9-12(7-16)15-6-4-5-11(15)8-17-10-15/h11-12,17H,4-6,8-10H2,1-3H3,(H,18,19). The summed E-state index contributed by atoms with van der Waals surface area (Å²) in [6.45, 7) is 7.78. The molecule has 0 aromatic heterocycles. The number of carbonyl (C=O) groups is 1.